The van der Waals surface area contributed by atoms with Crippen molar-refractivity contribution < 1.29 is 8.83 Å². The lowest BCUT2D eigenvalue weighted by atomic mass is 9.97. The zero-order valence-corrected chi connectivity index (χ0v) is 28.9. The minimum Gasteiger partial charge on any atom is -0.456 e. The topological polar surface area (TPSA) is 65.0 Å². The third-order valence-electron chi connectivity index (χ3n) is 10.3. The third kappa shape index (κ3) is 4.98. The highest BCUT2D eigenvalue weighted by Crippen LogP contribution is 2.39. The number of rotatable bonds is 5. The molecule has 0 unspecified atom stereocenters. The van der Waals surface area contributed by atoms with E-state index in [2.05, 4.69) is 127 Å². The fraction of sp³-hybridized carbons (Fsp3) is 0. The van der Waals surface area contributed by atoms with Crippen molar-refractivity contribution in [3.8, 4) is 56.4 Å². The summed E-state index contributed by atoms with van der Waals surface area (Å²) < 4.78 is 12.5. The summed E-state index contributed by atoms with van der Waals surface area (Å²) in [5.41, 5.74) is 10.6. The molecule has 0 bridgehead atoms. The summed E-state index contributed by atoms with van der Waals surface area (Å²) >= 11 is 0. The van der Waals surface area contributed by atoms with Crippen LogP contribution < -0.4 is 0 Å². The molecule has 3 heterocycles. The van der Waals surface area contributed by atoms with Crippen molar-refractivity contribution in [3.05, 3.63) is 176 Å². The molecule has 0 spiro atoms. The van der Waals surface area contributed by atoms with Gasteiger partial charge in [-0.2, -0.15) is 0 Å². The molecule has 0 amide bonds. The molecule has 5 heteroatoms. The Balaban J connectivity index is 1.05. The van der Waals surface area contributed by atoms with Crippen molar-refractivity contribution in [2.45, 2.75) is 0 Å². The molecule has 0 saturated carbocycles. The van der Waals surface area contributed by atoms with Crippen molar-refractivity contribution in [2.24, 2.45) is 0 Å². The number of fused-ring (bicyclic) bond motifs is 8. The van der Waals surface area contributed by atoms with Gasteiger partial charge in [0.05, 0.1) is 0 Å². The second-order valence-corrected chi connectivity index (χ2v) is 13.6. The van der Waals surface area contributed by atoms with Gasteiger partial charge in [-0.25, -0.2) is 15.0 Å². The standard InChI is InChI=1S/C49H29N3O2/c1-2-10-30(11-3-1)34-12-8-13-36(28-34)48-50-47(51-49(52-48)39-16-9-19-43-45(39)37-14-4-6-17-41(37)53-43)33-23-20-31(21-24-33)35-25-22-32-26-27-44-46(40(32)29-35)38-15-5-7-18-42(38)54-44/h1-29H. The van der Waals surface area contributed by atoms with Crippen LogP contribution in [-0.2, 0) is 0 Å². The van der Waals surface area contributed by atoms with E-state index < -0.39 is 0 Å². The first-order valence-electron chi connectivity index (χ1n) is 18.0. The number of benzene rings is 8. The van der Waals surface area contributed by atoms with Crippen molar-refractivity contribution >= 4 is 54.6 Å². The van der Waals surface area contributed by atoms with E-state index in [1.165, 1.54) is 10.8 Å². The van der Waals surface area contributed by atoms with Crippen molar-refractivity contribution in [2.75, 3.05) is 0 Å². The van der Waals surface area contributed by atoms with Crippen LogP contribution in [0.5, 0.6) is 0 Å². The van der Waals surface area contributed by atoms with E-state index >= 15 is 0 Å². The van der Waals surface area contributed by atoms with Gasteiger partial charge < -0.3 is 8.83 Å². The van der Waals surface area contributed by atoms with Crippen LogP contribution in [-0.4, -0.2) is 15.0 Å². The highest BCUT2D eigenvalue weighted by molar-refractivity contribution is 6.19. The van der Waals surface area contributed by atoms with Crippen molar-refractivity contribution in [1.29, 1.82) is 0 Å². The predicted octanol–water partition coefficient (Wildman–Crippen LogP) is 13.2. The van der Waals surface area contributed by atoms with Gasteiger partial charge in [0.25, 0.3) is 0 Å². The first-order chi connectivity index (χ1) is 26.7. The van der Waals surface area contributed by atoms with E-state index in [1.807, 2.05) is 48.5 Å². The quantitative estimate of drug-likeness (QED) is 0.180. The average molecular weight is 692 g/mol. The van der Waals surface area contributed by atoms with E-state index in [4.69, 9.17) is 23.8 Å². The summed E-state index contributed by atoms with van der Waals surface area (Å²) in [4.78, 5) is 15.4. The van der Waals surface area contributed by atoms with E-state index in [1.54, 1.807) is 0 Å². The lowest BCUT2D eigenvalue weighted by Crippen LogP contribution is -2.00. The monoisotopic (exact) mass is 691 g/mol. The van der Waals surface area contributed by atoms with E-state index in [0.717, 1.165) is 82.8 Å². The van der Waals surface area contributed by atoms with Crippen molar-refractivity contribution in [1.82, 2.24) is 15.0 Å². The Morgan fingerprint density at radius 2 is 0.815 bits per heavy atom. The normalized spacial score (nSPS) is 11.7. The number of hydrogen-bond acceptors (Lipinski definition) is 5. The van der Waals surface area contributed by atoms with Gasteiger partial charge in [-0.15, -0.1) is 0 Å². The number of nitrogens with zero attached hydrogens (tertiary/aromatic N) is 3. The molecule has 0 aliphatic carbocycles. The van der Waals surface area contributed by atoms with Crippen LogP contribution in [0.15, 0.2) is 185 Å². The molecule has 252 valence electrons. The molecule has 0 fully saturated rings. The first kappa shape index (κ1) is 30.3. The maximum Gasteiger partial charge on any atom is 0.164 e. The van der Waals surface area contributed by atoms with Gasteiger partial charge in [-0.1, -0.05) is 140 Å². The summed E-state index contributed by atoms with van der Waals surface area (Å²) in [5, 5.41) is 6.63. The Labute approximate surface area is 309 Å². The highest BCUT2D eigenvalue weighted by Gasteiger charge is 2.18. The van der Waals surface area contributed by atoms with Crippen LogP contribution >= 0.6 is 0 Å². The largest absolute Gasteiger partial charge is 0.456 e. The minimum absolute atomic E-state index is 0.590. The Bertz CT molecular complexity index is 3210. The summed E-state index contributed by atoms with van der Waals surface area (Å²) in [7, 11) is 0. The second kappa shape index (κ2) is 12.1. The van der Waals surface area contributed by atoms with Gasteiger partial charge in [0.15, 0.2) is 17.5 Å². The van der Waals surface area contributed by atoms with E-state index in [0.29, 0.717) is 17.5 Å². The zero-order valence-electron chi connectivity index (χ0n) is 28.9. The number of furan rings is 2. The van der Waals surface area contributed by atoms with Gasteiger partial charge >= 0.3 is 0 Å². The average Bonchev–Trinajstić information content (AvgIpc) is 3.83. The molecular formula is C49H29N3O2. The summed E-state index contributed by atoms with van der Waals surface area (Å²) in [6, 6.07) is 60.5. The number of para-hydroxylation sites is 2. The maximum atomic E-state index is 6.25. The molecule has 5 nitrogen and oxygen atoms in total. The van der Waals surface area contributed by atoms with Crippen LogP contribution in [0.3, 0.4) is 0 Å². The Morgan fingerprint density at radius 1 is 0.296 bits per heavy atom. The molecule has 0 radical (unpaired) electrons. The Morgan fingerprint density at radius 3 is 1.61 bits per heavy atom. The highest BCUT2D eigenvalue weighted by atomic mass is 16.3. The van der Waals surface area contributed by atoms with Crippen molar-refractivity contribution in [3.63, 3.8) is 0 Å². The molecule has 54 heavy (non-hydrogen) atoms. The smallest absolute Gasteiger partial charge is 0.164 e. The minimum atomic E-state index is 0.590. The van der Waals surface area contributed by atoms with Gasteiger partial charge in [0.1, 0.15) is 22.3 Å². The number of hydrogen-bond donors (Lipinski definition) is 0. The summed E-state index contributed by atoms with van der Waals surface area (Å²) in [5.74, 6) is 1.79. The van der Waals surface area contributed by atoms with Crippen LogP contribution in [0, 0.1) is 0 Å². The second-order valence-electron chi connectivity index (χ2n) is 13.6. The Kier molecular flexibility index (Phi) is 6.79. The van der Waals surface area contributed by atoms with Crippen LogP contribution in [0.2, 0.25) is 0 Å². The fourth-order valence-electron chi connectivity index (χ4n) is 7.72. The van der Waals surface area contributed by atoms with E-state index in [9.17, 15) is 0 Å². The molecule has 0 N–H and O–H groups in total. The van der Waals surface area contributed by atoms with Crippen LogP contribution in [0.4, 0.5) is 0 Å². The molecule has 0 saturated heterocycles. The van der Waals surface area contributed by atoms with Crippen LogP contribution in [0.1, 0.15) is 0 Å². The third-order valence-corrected chi connectivity index (χ3v) is 10.3. The molecule has 3 aromatic heterocycles. The Hall–Kier alpha value is -7.37. The molecular weight excluding hydrogens is 663 g/mol. The van der Waals surface area contributed by atoms with Gasteiger partial charge in [0.2, 0.25) is 0 Å². The van der Waals surface area contributed by atoms with Gasteiger partial charge in [0, 0.05) is 38.2 Å². The molecule has 8 aromatic carbocycles. The summed E-state index contributed by atoms with van der Waals surface area (Å²) in [6.45, 7) is 0. The van der Waals surface area contributed by atoms with Gasteiger partial charge in [-0.05, 0) is 69.4 Å². The molecule has 0 atom stereocenters. The fourth-order valence-corrected chi connectivity index (χ4v) is 7.72. The van der Waals surface area contributed by atoms with Crippen LogP contribution in [0.25, 0.3) is 111 Å². The zero-order chi connectivity index (χ0) is 35.6. The first-order valence-corrected chi connectivity index (χ1v) is 18.0. The van der Waals surface area contributed by atoms with Gasteiger partial charge in [-0.3, -0.25) is 0 Å². The lowest BCUT2D eigenvalue weighted by Gasteiger charge is -2.11. The van der Waals surface area contributed by atoms with E-state index in [-0.39, 0.29) is 0 Å². The molecule has 11 aromatic rings. The maximum absolute atomic E-state index is 6.25. The molecule has 0 aliphatic rings. The molecule has 0 aliphatic heterocycles. The molecule has 11 rings (SSSR count). The predicted molar refractivity (Wildman–Crippen MR) is 219 cm³/mol. The number of aromatic nitrogens is 3. The lowest BCUT2D eigenvalue weighted by molar-refractivity contribution is 0.668. The SMILES string of the molecule is c1ccc(-c2cccc(-c3nc(-c4ccc(-c5ccc6ccc7oc8ccccc8c7c6c5)cc4)nc(-c4cccc5oc6ccccc6c45)n3)c2)cc1. The summed E-state index contributed by atoms with van der Waals surface area (Å²) in [6.07, 6.45) is 0.